The van der Waals surface area contributed by atoms with E-state index in [1.54, 1.807) is 18.3 Å². The van der Waals surface area contributed by atoms with Crippen molar-refractivity contribution >= 4 is 5.78 Å². The van der Waals surface area contributed by atoms with Gasteiger partial charge < -0.3 is 14.4 Å². The van der Waals surface area contributed by atoms with Gasteiger partial charge >= 0.3 is 0 Å². The van der Waals surface area contributed by atoms with Gasteiger partial charge in [-0.1, -0.05) is 13.3 Å². The van der Waals surface area contributed by atoms with E-state index in [2.05, 4.69) is 20.5 Å². The molecule has 3 aromatic rings. The third-order valence-electron chi connectivity index (χ3n) is 5.37. The molecule has 172 valence electrons. The number of aromatic nitrogens is 6. The monoisotopic (exact) mass is 440 g/mol. The van der Waals surface area contributed by atoms with Crippen LogP contribution < -0.4 is 4.74 Å². The average Bonchev–Trinajstić information content (AvgIpc) is 3.45. The molecule has 2 aromatic heterocycles. The number of rotatable bonds is 14. The molecule has 0 aliphatic heterocycles. The highest BCUT2D eigenvalue weighted by Gasteiger charge is 2.15. The van der Waals surface area contributed by atoms with E-state index in [0.717, 1.165) is 63.0 Å². The number of ether oxygens (including phenoxy) is 1. The van der Waals surface area contributed by atoms with E-state index >= 15 is 0 Å². The fourth-order valence-electron chi connectivity index (χ4n) is 3.67. The molecule has 2 heterocycles. The zero-order valence-electron chi connectivity index (χ0n) is 18.9. The Hall–Kier alpha value is -3.23. The van der Waals surface area contributed by atoms with Crippen LogP contribution in [0.4, 0.5) is 0 Å². The van der Waals surface area contributed by atoms with Crippen LogP contribution in [0.1, 0.15) is 67.7 Å². The Morgan fingerprint density at radius 1 is 1.12 bits per heavy atom. The second kappa shape index (κ2) is 12.0. The lowest BCUT2D eigenvalue weighted by Crippen LogP contribution is -2.09. The van der Waals surface area contributed by atoms with Gasteiger partial charge in [0, 0.05) is 37.5 Å². The standard InChI is InChI=1S/C23H32N6O3/c1-3-8-20-21(11-10-19(18(2)30)23(20)31)32-16-6-4-5-9-22-25-26-27-29(22)14-7-13-28-15-12-24-17-28/h10-12,15,17,31H,3-9,13-14,16H2,1-2H3. The lowest BCUT2D eigenvalue weighted by molar-refractivity contribution is 0.101. The average molecular weight is 441 g/mol. The predicted molar refractivity (Wildman–Crippen MR) is 120 cm³/mol. The van der Waals surface area contributed by atoms with Crippen molar-refractivity contribution in [2.75, 3.05) is 6.61 Å². The number of tetrazole rings is 1. The molecule has 0 amide bonds. The third kappa shape index (κ3) is 6.38. The highest BCUT2D eigenvalue weighted by Crippen LogP contribution is 2.33. The van der Waals surface area contributed by atoms with Gasteiger partial charge in [0.2, 0.25) is 0 Å². The second-order valence-electron chi connectivity index (χ2n) is 7.88. The maximum Gasteiger partial charge on any atom is 0.163 e. The van der Waals surface area contributed by atoms with Gasteiger partial charge in [0.05, 0.1) is 18.5 Å². The van der Waals surface area contributed by atoms with E-state index in [0.29, 0.717) is 24.3 Å². The smallest absolute Gasteiger partial charge is 0.163 e. The van der Waals surface area contributed by atoms with E-state index < -0.39 is 0 Å². The molecule has 0 radical (unpaired) electrons. The van der Waals surface area contributed by atoms with Crippen LogP contribution in [0.15, 0.2) is 30.9 Å². The third-order valence-corrected chi connectivity index (χ3v) is 5.37. The van der Waals surface area contributed by atoms with E-state index in [4.69, 9.17) is 4.74 Å². The zero-order valence-corrected chi connectivity index (χ0v) is 18.9. The number of carbonyl (C=O) groups excluding carboxylic acids is 1. The predicted octanol–water partition coefficient (Wildman–Crippen LogP) is 3.61. The molecule has 0 spiro atoms. The molecule has 32 heavy (non-hydrogen) atoms. The number of imidazole rings is 1. The Morgan fingerprint density at radius 3 is 2.75 bits per heavy atom. The van der Waals surface area contributed by atoms with Crippen molar-refractivity contribution in [1.29, 1.82) is 0 Å². The molecule has 0 fully saturated rings. The first kappa shape index (κ1) is 23.4. The maximum absolute atomic E-state index is 11.7. The molecular weight excluding hydrogens is 408 g/mol. The van der Waals surface area contributed by atoms with Gasteiger partial charge in [0.25, 0.3) is 0 Å². The molecule has 9 heteroatoms. The van der Waals surface area contributed by atoms with Gasteiger partial charge in [-0.05, 0) is 61.6 Å². The summed E-state index contributed by atoms with van der Waals surface area (Å²) in [5, 5.41) is 22.5. The fourth-order valence-corrected chi connectivity index (χ4v) is 3.67. The number of unbranched alkanes of at least 4 members (excludes halogenated alkanes) is 2. The van der Waals surface area contributed by atoms with Crippen molar-refractivity contribution in [3.05, 3.63) is 47.8 Å². The first-order valence-electron chi connectivity index (χ1n) is 11.3. The quantitative estimate of drug-likeness (QED) is 0.301. The molecule has 0 atom stereocenters. The number of hydrogen-bond donors (Lipinski definition) is 1. The zero-order chi connectivity index (χ0) is 22.8. The minimum atomic E-state index is -0.143. The topological polar surface area (TPSA) is 108 Å². The molecule has 0 saturated heterocycles. The molecular formula is C23H32N6O3. The van der Waals surface area contributed by atoms with Crippen molar-refractivity contribution < 1.29 is 14.6 Å². The summed E-state index contributed by atoms with van der Waals surface area (Å²) in [6.07, 6.45) is 11.7. The van der Waals surface area contributed by atoms with Crippen LogP contribution in [0.5, 0.6) is 11.5 Å². The molecule has 0 aliphatic rings. The van der Waals surface area contributed by atoms with Gasteiger partial charge in [-0.3, -0.25) is 4.79 Å². The van der Waals surface area contributed by atoms with Crippen LogP contribution in [0, 0.1) is 0 Å². The lowest BCUT2D eigenvalue weighted by atomic mass is 10.0. The number of hydrogen-bond acceptors (Lipinski definition) is 7. The molecule has 3 rings (SSSR count). The summed E-state index contributed by atoms with van der Waals surface area (Å²) in [4.78, 5) is 15.7. The number of ketones is 1. The highest BCUT2D eigenvalue weighted by atomic mass is 16.5. The van der Waals surface area contributed by atoms with E-state index in [-0.39, 0.29) is 11.5 Å². The number of aromatic hydroxyl groups is 1. The Balaban J connectivity index is 1.40. The van der Waals surface area contributed by atoms with Gasteiger partial charge in [-0.25, -0.2) is 9.67 Å². The maximum atomic E-state index is 11.7. The summed E-state index contributed by atoms with van der Waals surface area (Å²) in [5.41, 5.74) is 1.07. The van der Waals surface area contributed by atoms with Crippen molar-refractivity contribution in [3.8, 4) is 11.5 Å². The van der Waals surface area contributed by atoms with Gasteiger partial charge in [-0.2, -0.15) is 0 Å². The van der Waals surface area contributed by atoms with Crippen LogP contribution in [-0.4, -0.2) is 47.3 Å². The van der Waals surface area contributed by atoms with Crippen molar-refractivity contribution in [3.63, 3.8) is 0 Å². The Kier molecular flexibility index (Phi) is 8.77. The van der Waals surface area contributed by atoms with Gasteiger partial charge in [0.1, 0.15) is 11.5 Å². The molecule has 1 N–H and O–H groups in total. The van der Waals surface area contributed by atoms with Crippen LogP contribution in [-0.2, 0) is 25.9 Å². The van der Waals surface area contributed by atoms with E-state index in [1.807, 2.05) is 28.7 Å². The SMILES string of the molecule is CCCc1c(OCCCCCc2nnnn2CCCn2ccnc2)ccc(C(C)=O)c1O. The summed E-state index contributed by atoms with van der Waals surface area (Å²) >= 11 is 0. The van der Waals surface area contributed by atoms with Crippen molar-refractivity contribution in [2.24, 2.45) is 0 Å². The van der Waals surface area contributed by atoms with Gasteiger partial charge in [-0.15, -0.1) is 5.10 Å². The fraction of sp³-hybridized carbons (Fsp3) is 0.522. The second-order valence-corrected chi connectivity index (χ2v) is 7.88. The Morgan fingerprint density at radius 2 is 2.00 bits per heavy atom. The highest BCUT2D eigenvalue weighted by molar-refractivity contribution is 5.97. The van der Waals surface area contributed by atoms with Gasteiger partial charge in [0.15, 0.2) is 11.6 Å². The van der Waals surface area contributed by atoms with Crippen molar-refractivity contribution in [2.45, 2.75) is 71.9 Å². The first-order valence-corrected chi connectivity index (χ1v) is 11.3. The summed E-state index contributed by atoms with van der Waals surface area (Å²) in [6, 6.07) is 3.43. The largest absolute Gasteiger partial charge is 0.507 e. The summed E-state index contributed by atoms with van der Waals surface area (Å²) in [5.74, 6) is 1.48. The van der Waals surface area contributed by atoms with Crippen LogP contribution >= 0.6 is 0 Å². The minimum Gasteiger partial charge on any atom is -0.507 e. The Labute approximate surface area is 188 Å². The number of aryl methyl sites for hydroxylation is 3. The molecule has 0 saturated carbocycles. The molecule has 9 nitrogen and oxygen atoms in total. The first-order chi connectivity index (χ1) is 15.6. The summed E-state index contributed by atoms with van der Waals surface area (Å²) in [7, 11) is 0. The minimum absolute atomic E-state index is 0.0525. The number of carbonyl (C=O) groups is 1. The number of Topliss-reactive ketones (excluding diaryl/α,β-unsaturated/α-hetero) is 1. The number of benzene rings is 1. The normalized spacial score (nSPS) is 11.1. The number of phenols is 1. The van der Waals surface area contributed by atoms with Crippen LogP contribution in [0.25, 0.3) is 0 Å². The molecule has 0 aliphatic carbocycles. The molecule has 1 aromatic carbocycles. The summed E-state index contributed by atoms with van der Waals surface area (Å²) in [6.45, 7) is 5.73. The van der Waals surface area contributed by atoms with E-state index in [9.17, 15) is 9.90 Å². The van der Waals surface area contributed by atoms with Crippen LogP contribution in [0.3, 0.4) is 0 Å². The van der Waals surface area contributed by atoms with Crippen molar-refractivity contribution in [1.82, 2.24) is 29.8 Å². The Bertz CT molecular complexity index is 984. The summed E-state index contributed by atoms with van der Waals surface area (Å²) < 4.78 is 9.85. The van der Waals surface area contributed by atoms with Crippen LogP contribution in [0.2, 0.25) is 0 Å². The lowest BCUT2D eigenvalue weighted by Gasteiger charge is -2.14. The molecule has 0 unspecified atom stereocenters. The molecule has 0 bridgehead atoms. The van der Waals surface area contributed by atoms with E-state index in [1.165, 1.54) is 6.92 Å². The number of nitrogens with zero attached hydrogens (tertiary/aromatic N) is 6. The number of phenolic OH excluding ortho intramolecular Hbond substituents is 1.